The van der Waals surface area contributed by atoms with Gasteiger partial charge >= 0.3 is 0 Å². The molecule has 0 spiro atoms. The second-order valence-electron chi connectivity index (χ2n) is 4.56. The molecule has 2 heteroatoms. The molecule has 0 aliphatic carbocycles. The lowest BCUT2D eigenvalue weighted by molar-refractivity contribution is 0.313. The average Bonchev–Trinajstić information content (AvgIpc) is 2.45. The van der Waals surface area contributed by atoms with Crippen LogP contribution in [0.2, 0.25) is 0 Å². The Hall–Kier alpha value is -1.67. The summed E-state index contributed by atoms with van der Waals surface area (Å²) >= 11 is 5.41. The number of nitrogens with zero attached hydrogens (tertiary/aromatic N) is 1. The fourth-order valence-corrected chi connectivity index (χ4v) is 2.72. The van der Waals surface area contributed by atoms with Gasteiger partial charge in [-0.2, -0.15) is 0 Å². The summed E-state index contributed by atoms with van der Waals surface area (Å²) in [4.78, 5) is 3.40. The van der Waals surface area contributed by atoms with Crippen molar-refractivity contribution in [2.24, 2.45) is 0 Å². The summed E-state index contributed by atoms with van der Waals surface area (Å²) in [6, 6.07) is 21.5. The molecule has 1 saturated heterocycles. The molecule has 0 N–H and O–H groups in total. The zero-order valence-electron chi connectivity index (χ0n) is 10.1. The molecule has 0 atom stereocenters. The lowest BCUT2D eigenvalue weighted by atomic mass is 9.94. The molecule has 0 amide bonds. The second-order valence-corrected chi connectivity index (χ2v) is 5.03. The van der Waals surface area contributed by atoms with Crippen LogP contribution in [0.3, 0.4) is 0 Å². The van der Waals surface area contributed by atoms with Crippen molar-refractivity contribution in [3.05, 3.63) is 71.8 Å². The third-order valence-electron chi connectivity index (χ3n) is 3.43. The lowest BCUT2D eigenvalue weighted by Crippen LogP contribution is -2.44. The van der Waals surface area contributed by atoms with Crippen molar-refractivity contribution in [3.63, 3.8) is 0 Å². The van der Waals surface area contributed by atoms with E-state index in [9.17, 15) is 0 Å². The highest BCUT2D eigenvalue weighted by Crippen LogP contribution is 2.33. The Balaban J connectivity index is 2.02. The minimum atomic E-state index is 0.272. The van der Waals surface area contributed by atoms with Gasteiger partial charge in [0.15, 0.2) is 0 Å². The third kappa shape index (κ3) is 2.04. The predicted molar refractivity (Wildman–Crippen MR) is 78.6 cm³/mol. The van der Waals surface area contributed by atoms with E-state index < -0.39 is 0 Å². The van der Waals surface area contributed by atoms with Crippen molar-refractivity contribution >= 4 is 17.2 Å². The zero-order valence-corrected chi connectivity index (χ0v) is 10.9. The van der Waals surface area contributed by atoms with Gasteiger partial charge in [-0.25, -0.2) is 0 Å². The van der Waals surface area contributed by atoms with E-state index in [0.29, 0.717) is 0 Å². The molecule has 0 bridgehead atoms. The minimum Gasteiger partial charge on any atom is -0.355 e. The van der Waals surface area contributed by atoms with Gasteiger partial charge in [0.25, 0.3) is 0 Å². The fraction of sp³-hybridized carbons (Fsp3) is 0.188. The highest BCUT2D eigenvalue weighted by atomic mass is 32.1. The summed E-state index contributed by atoms with van der Waals surface area (Å²) < 4.78 is 0. The van der Waals surface area contributed by atoms with Crippen LogP contribution < -0.4 is 0 Å². The van der Waals surface area contributed by atoms with E-state index in [1.165, 1.54) is 11.1 Å². The van der Waals surface area contributed by atoms with Crippen molar-refractivity contribution in [2.45, 2.75) is 12.5 Å². The molecule has 1 heterocycles. The Morgan fingerprint density at radius 3 is 1.67 bits per heavy atom. The summed E-state index contributed by atoms with van der Waals surface area (Å²) in [5.41, 5.74) is 2.62. The van der Waals surface area contributed by atoms with Crippen LogP contribution in [0.15, 0.2) is 60.7 Å². The van der Waals surface area contributed by atoms with Crippen LogP contribution in [0.4, 0.5) is 0 Å². The second kappa shape index (κ2) is 4.91. The third-order valence-corrected chi connectivity index (χ3v) is 3.87. The maximum absolute atomic E-state index is 5.41. The van der Waals surface area contributed by atoms with Gasteiger partial charge in [-0.15, -0.1) is 0 Å². The maximum atomic E-state index is 5.41. The fourth-order valence-electron chi connectivity index (χ4n) is 2.43. The predicted octanol–water partition coefficient (Wildman–Crippen LogP) is 3.81. The molecule has 2 aromatic rings. The molecular weight excluding hydrogens is 238 g/mol. The first kappa shape index (κ1) is 11.4. The number of hydrogen-bond acceptors (Lipinski definition) is 1. The molecule has 90 valence electrons. The van der Waals surface area contributed by atoms with Crippen LogP contribution in [0.1, 0.15) is 23.6 Å². The quantitative estimate of drug-likeness (QED) is 0.765. The van der Waals surface area contributed by atoms with Crippen molar-refractivity contribution in [2.75, 3.05) is 6.54 Å². The summed E-state index contributed by atoms with van der Waals surface area (Å²) in [6.45, 7) is 1.06. The molecule has 0 unspecified atom stereocenters. The van der Waals surface area contributed by atoms with Gasteiger partial charge in [-0.3, -0.25) is 0 Å². The van der Waals surface area contributed by atoms with E-state index in [4.69, 9.17) is 12.2 Å². The first-order chi connectivity index (χ1) is 8.86. The van der Waals surface area contributed by atoms with Crippen molar-refractivity contribution in [1.29, 1.82) is 0 Å². The zero-order chi connectivity index (χ0) is 12.4. The normalized spacial score (nSPS) is 14.7. The van der Waals surface area contributed by atoms with E-state index in [1.54, 1.807) is 0 Å². The number of thiocarbonyl (C=S) groups is 1. The van der Waals surface area contributed by atoms with E-state index in [1.807, 2.05) is 0 Å². The molecule has 18 heavy (non-hydrogen) atoms. The first-order valence-electron chi connectivity index (χ1n) is 6.25. The van der Waals surface area contributed by atoms with E-state index >= 15 is 0 Å². The van der Waals surface area contributed by atoms with Crippen LogP contribution in [-0.2, 0) is 0 Å². The molecule has 1 aliphatic heterocycles. The number of rotatable bonds is 3. The Kier molecular flexibility index (Phi) is 3.11. The number of likely N-dealkylation sites (tertiary alicyclic amines) is 1. The Morgan fingerprint density at radius 1 is 0.833 bits per heavy atom. The van der Waals surface area contributed by atoms with E-state index in [0.717, 1.165) is 18.0 Å². The summed E-state index contributed by atoms with van der Waals surface area (Å²) in [5, 5.41) is 0. The van der Waals surface area contributed by atoms with E-state index in [-0.39, 0.29) is 6.04 Å². The topological polar surface area (TPSA) is 3.24 Å². The number of hydrogen-bond donors (Lipinski definition) is 0. The average molecular weight is 253 g/mol. The molecule has 1 fully saturated rings. The van der Waals surface area contributed by atoms with Gasteiger partial charge in [0.2, 0.25) is 0 Å². The Bertz CT molecular complexity index is 496. The molecule has 0 saturated carbocycles. The SMILES string of the molecule is S=C1CCN1C(c1ccccc1)c1ccccc1. The van der Waals surface area contributed by atoms with Crippen LogP contribution in [0.25, 0.3) is 0 Å². The number of benzene rings is 2. The summed E-state index contributed by atoms with van der Waals surface area (Å²) in [5.74, 6) is 0. The highest BCUT2D eigenvalue weighted by molar-refractivity contribution is 7.80. The summed E-state index contributed by atoms with van der Waals surface area (Å²) in [6.07, 6.45) is 1.05. The van der Waals surface area contributed by atoms with Crippen LogP contribution >= 0.6 is 12.2 Å². The summed E-state index contributed by atoms with van der Waals surface area (Å²) in [7, 11) is 0. The van der Waals surface area contributed by atoms with E-state index in [2.05, 4.69) is 65.6 Å². The molecule has 2 aromatic carbocycles. The van der Waals surface area contributed by atoms with Crippen LogP contribution in [0.5, 0.6) is 0 Å². The Morgan fingerprint density at radius 2 is 1.33 bits per heavy atom. The largest absolute Gasteiger partial charge is 0.355 e. The van der Waals surface area contributed by atoms with Crippen LogP contribution in [-0.4, -0.2) is 16.4 Å². The van der Waals surface area contributed by atoms with Gasteiger partial charge < -0.3 is 4.90 Å². The van der Waals surface area contributed by atoms with Gasteiger partial charge in [-0.05, 0) is 11.1 Å². The van der Waals surface area contributed by atoms with Gasteiger partial charge in [0.05, 0.1) is 11.0 Å². The van der Waals surface area contributed by atoms with Gasteiger partial charge in [0, 0.05) is 13.0 Å². The smallest absolute Gasteiger partial charge is 0.0805 e. The monoisotopic (exact) mass is 253 g/mol. The molecule has 0 radical (unpaired) electrons. The van der Waals surface area contributed by atoms with Gasteiger partial charge in [-0.1, -0.05) is 72.9 Å². The van der Waals surface area contributed by atoms with Crippen LogP contribution in [0, 0.1) is 0 Å². The maximum Gasteiger partial charge on any atom is 0.0805 e. The molecule has 0 aromatic heterocycles. The van der Waals surface area contributed by atoms with Crippen molar-refractivity contribution < 1.29 is 0 Å². The molecular formula is C16H15NS. The lowest BCUT2D eigenvalue weighted by Gasteiger charge is -2.41. The molecule has 1 nitrogen and oxygen atoms in total. The minimum absolute atomic E-state index is 0.272. The van der Waals surface area contributed by atoms with Crippen molar-refractivity contribution in [3.8, 4) is 0 Å². The first-order valence-corrected chi connectivity index (χ1v) is 6.66. The molecule has 1 aliphatic rings. The molecule has 3 rings (SSSR count). The van der Waals surface area contributed by atoms with Gasteiger partial charge in [0.1, 0.15) is 0 Å². The standard InChI is InChI=1S/C16H15NS/c18-15-11-12-17(15)16(13-7-3-1-4-8-13)14-9-5-2-6-10-14/h1-10,16H,11-12H2. The Labute approximate surface area is 113 Å². The highest BCUT2D eigenvalue weighted by Gasteiger charge is 2.29. The van der Waals surface area contributed by atoms with Crippen molar-refractivity contribution in [1.82, 2.24) is 4.90 Å².